The smallest absolute Gasteiger partial charge is 0.133 e. The maximum Gasteiger partial charge on any atom is 0.133 e. The second kappa shape index (κ2) is 10.1. The highest BCUT2D eigenvalue weighted by Gasteiger charge is 2.08. The largest absolute Gasteiger partial charge is 0.355 e. The number of hydrogen-bond donors (Lipinski definition) is 1. The van der Waals surface area contributed by atoms with E-state index < -0.39 is 0 Å². The van der Waals surface area contributed by atoms with Gasteiger partial charge in [0.25, 0.3) is 0 Å². The Morgan fingerprint density at radius 3 is 2.21 bits per heavy atom. The SMILES string of the molecule is CCCCCCN(C(=S)S)C(C)C.Cl. The van der Waals surface area contributed by atoms with Gasteiger partial charge < -0.3 is 4.90 Å². The molecular formula is C10H22ClNS2. The first-order valence-electron chi connectivity index (χ1n) is 5.09. The molecule has 14 heavy (non-hydrogen) atoms. The molecule has 0 aromatic heterocycles. The van der Waals surface area contributed by atoms with Gasteiger partial charge >= 0.3 is 0 Å². The molecule has 0 aliphatic carbocycles. The summed E-state index contributed by atoms with van der Waals surface area (Å²) in [7, 11) is 0. The summed E-state index contributed by atoms with van der Waals surface area (Å²) in [5.41, 5.74) is 0. The van der Waals surface area contributed by atoms with Crippen LogP contribution in [0.15, 0.2) is 0 Å². The third-order valence-electron chi connectivity index (χ3n) is 2.12. The van der Waals surface area contributed by atoms with Crippen molar-refractivity contribution in [3.05, 3.63) is 0 Å². The average molecular weight is 256 g/mol. The molecule has 0 rings (SSSR count). The van der Waals surface area contributed by atoms with E-state index in [-0.39, 0.29) is 12.4 Å². The summed E-state index contributed by atoms with van der Waals surface area (Å²) in [6.45, 7) is 7.59. The van der Waals surface area contributed by atoms with E-state index in [1.54, 1.807) is 0 Å². The summed E-state index contributed by atoms with van der Waals surface area (Å²) in [5, 5.41) is 0. The molecule has 86 valence electrons. The van der Waals surface area contributed by atoms with Crippen molar-refractivity contribution >= 4 is 41.6 Å². The summed E-state index contributed by atoms with van der Waals surface area (Å²) in [6.07, 6.45) is 5.14. The molecule has 0 heterocycles. The standard InChI is InChI=1S/C10H21NS2.ClH/c1-4-5-6-7-8-11(9(2)3)10(12)13;/h9H,4-8H2,1-3H3,(H,12,13);1H. The molecule has 0 spiro atoms. The normalized spacial score (nSPS) is 9.79. The fraction of sp³-hybridized carbons (Fsp3) is 0.900. The van der Waals surface area contributed by atoms with Crippen molar-refractivity contribution in [2.75, 3.05) is 6.54 Å². The molecule has 0 fully saturated rings. The topological polar surface area (TPSA) is 3.24 Å². The molecule has 0 saturated carbocycles. The zero-order valence-corrected chi connectivity index (χ0v) is 11.9. The quantitative estimate of drug-likeness (QED) is 0.436. The number of hydrogen-bond acceptors (Lipinski definition) is 1. The fourth-order valence-electron chi connectivity index (χ4n) is 1.28. The third-order valence-corrected chi connectivity index (χ3v) is 2.61. The first-order chi connectivity index (χ1) is 6.09. The predicted molar refractivity (Wildman–Crippen MR) is 74.8 cm³/mol. The second-order valence-corrected chi connectivity index (χ2v) is 4.74. The zero-order chi connectivity index (χ0) is 10.3. The van der Waals surface area contributed by atoms with Gasteiger partial charge in [0.15, 0.2) is 0 Å². The van der Waals surface area contributed by atoms with Crippen LogP contribution >= 0.6 is 37.3 Å². The van der Waals surface area contributed by atoms with Crippen LogP contribution in [0.2, 0.25) is 0 Å². The highest BCUT2D eigenvalue weighted by Crippen LogP contribution is 2.07. The molecule has 0 bridgehead atoms. The molecule has 0 atom stereocenters. The van der Waals surface area contributed by atoms with Gasteiger partial charge in [0.1, 0.15) is 4.32 Å². The van der Waals surface area contributed by atoms with Crippen LogP contribution in [0.1, 0.15) is 46.5 Å². The minimum Gasteiger partial charge on any atom is -0.355 e. The lowest BCUT2D eigenvalue weighted by molar-refractivity contribution is 0.350. The maximum absolute atomic E-state index is 5.06. The van der Waals surface area contributed by atoms with Gasteiger partial charge in [0.05, 0.1) is 0 Å². The molecule has 0 aromatic rings. The lowest BCUT2D eigenvalue weighted by Gasteiger charge is -2.26. The summed E-state index contributed by atoms with van der Waals surface area (Å²) in [4.78, 5) is 2.17. The van der Waals surface area contributed by atoms with Crippen molar-refractivity contribution in [2.45, 2.75) is 52.5 Å². The summed E-state index contributed by atoms with van der Waals surface area (Å²) in [6, 6.07) is 0.478. The van der Waals surface area contributed by atoms with E-state index >= 15 is 0 Å². The van der Waals surface area contributed by atoms with E-state index in [4.69, 9.17) is 12.2 Å². The third kappa shape index (κ3) is 7.89. The van der Waals surface area contributed by atoms with Crippen molar-refractivity contribution in [1.29, 1.82) is 0 Å². The fourth-order valence-corrected chi connectivity index (χ4v) is 1.92. The van der Waals surface area contributed by atoms with E-state index in [2.05, 4.69) is 38.3 Å². The van der Waals surface area contributed by atoms with E-state index in [0.29, 0.717) is 6.04 Å². The summed E-state index contributed by atoms with van der Waals surface area (Å²) >= 11 is 9.28. The number of nitrogens with zero attached hydrogens (tertiary/aromatic N) is 1. The summed E-state index contributed by atoms with van der Waals surface area (Å²) < 4.78 is 0.728. The van der Waals surface area contributed by atoms with Crippen molar-refractivity contribution in [3.8, 4) is 0 Å². The molecule has 0 N–H and O–H groups in total. The van der Waals surface area contributed by atoms with Crippen LogP contribution in [0.5, 0.6) is 0 Å². The van der Waals surface area contributed by atoms with Crippen molar-refractivity contribution in [1.82, 2.24) is 4.90 Å². The zero-order valence-electron chi connectivity index (χ0n) is 9.32. The number of rotatable bonds is 6. The van der Waals surface area contributed by atoms with Crippen LogP contribution in [0, 0.1) is 0 Å². The highest BCUT2D eigenvalue weighted by atomic mass is 35.5. The van der Waals surface area contributed by atoms with Gasteiger partial charge in [-0.05, 0) is 20.3 Å². The van der Waals surface area contributed by atoms with Gasteiger partial charge in [-0.3, -0.25) is 0 Å². The Morgan fingerprint density at radius 2 is 1.86 bits per heavy atom. The van der Waals surface area contributed by atoms with Gasteiger partial charge in [-0.2, -0.15) is 0 Å². The Kier molecular flexibility index (Phi) is 12.2. The Balaban J connectivity index is 0. The maximum atomic E-state index is 5.06. The minimum absolute atomic E-state index is 0. The van der Waals surface area contributed by atoms with Crippen LogP contribution in [0.3, 0.4) is 0 Å². The number of halogens is 1. The van der Waals surface area contributed by atoms with Crippen molar-refractivity contribution < 1.29 is 0 Å². The van der Waals surface area contributed by atoms with Gasteiger partial charge in [0, 0.05) is 12.6 Å². The summed E-state index contributed by atoms with van der Waals surface area (Å²) in [5.74, 6) is 0. The molecule has 0 aromatic carbocycles. The molecule has 0 saturated heterocycles. The molecule has 4 heteroatoms. The lowest BCUT2D eigenvalue weighted by Crippen LogP contribution is -2.33. The van der Waals surface area contributed by atoms with Gasteiger partial charge in [-0.15, -0.1) is 25.0 Å². The average Bonchev–Trinajstić information content (AvgIpc) is 2.02. The van der Waals surface area contributed by atoms with Gasteiger partial charge in [0.2, 0.25) is 0 Å². The molecule has 0 aliphatic rings. The van der Waals surface area contributed by atoms with E-state index in [1.807, 2.05) is 0 Å². The van der Waals surface area contributed by atoms with E-state index in [1.165, 1.54) is 25.7 Å². The molecular weight excluding hydrogens is 234 g/mol. The Labute approximate surface area is 105 Å². The number of thiol groups is 1. The van der Waals surface area contributed by atoms with Crippen molar-refractivity contribution in [3.63, 3.8) is 0 Å². The van der Waals surface area contributed by atoms with Crippen LogP contribution in [-0.4, -0.2) is 21.8 Å². The molecule has 0 radical (unpaired) electrons. The van der Waals surface area contributed by atoms with Crippen LogP contribution in [0.4, 0.5) is 0 Å². The first kappa shape index (κ1) is 16.9. The molecule has 0 unspecified atom stereocenters. The number of unbranched alkanes of at least 4 members (excludes halogenated alkanes) is 3. The second-order valence-electron chi connectivity index (χ2n) is 3.63. The Hall–Kier alpha value is 0.530. The van der Waals surface area contributed by atoms with Crippen LogP contribution in [0.25, 0.3) is 0 Å². The van der Waals surface area contributed by atoms with Crippen LogP contribution in [-0.2, 0) is 0 Å². The van der Waals surface area contributed by atoms with Crippen LogP contribution < -0.4 is 0 Å². The van der Waals surface area contributed by atoms with E-state index in [0.717, 1.165) is 10.9 Å². The Bertz CT molecular complexity index is 151. The predicted octanol–water partition coefficient (Wildman–Crippen LogP) is 3.91. The first-order valence-corrected chi connectivity index (χ1v) is 5.94. The van der Waals surface area contributed by atoms with Gasteiger partial charge in [-0.25, -0.2) is 0 Å². The minimum atomic E-state index is 0. The molecule has 0 amide bonds. The molecule has 1 nitrogen and oxygen atoms in total. The monoisotopic (exact) mass is 255 g/mol. The Morgan fingerprint density at radius 1 is 1.29 bits per heavy atom. The molecule has 0 aliphatic heterocycles. The van der Waals surface area contributed by atoms with Gasteiger partial charge in [-0.1, -0.05) is 38.4 Å². The number of thiocarbonyl (C=S) groups is 1. The lowest BCUT2D eigenvalue weighted by atomic mass is 10.2. The van der Waals surface area contributed by atoms with E-state index in [9.17, 15) is 0 Å². The highest BCUT2D eigenvalue weighted by molar-refractivity contribution is 8.10. The van der Waals surface area contributed by atoms with Crippen molar-refractivity contribution in [2.24, 2.45) is 0 Å².